The third-order valence-corrected chi connectivity index (χ3v) is 5.43. The van der Waals surface area contributed by atoms with Crippen LogP contribution in [0.3, 0.4) is 0 Å². The molecule has 0 bridgehead atoms. The van der Waals surface area contributed by atoms with E-state index in [0.29, 0.717) is 13.1 Å². The van der Waals surface area contributed by atoms with Gasteiger partial charge in [-0.15, -0.1) is 11.8 Å². The summed E-state index contributed by atoms with van der Waals surface area (Å²) in [4.78, 5) is 32.1. The highest BCUT2D eigenvalue weighted by atomic mass is 32.2. The van der Waals surface area contributed by atoms with Crippen LogP contribution in [0.15, 0.2) is 29.2 Å². The van der Waals surface area contributed by atoms with Crippen molar-refractivity contribution in [1.82, 2.24) is 14.7 Å². The Hall–Kier alpha value is -1.53. The number of benzene rings is 1. The molecule has 5 nitrogen and oxygen atoms in total. The van der Waals surface area contributed by atoms with Gasteiger partial charge < -0.3 is 9.80 Å². The Balaban J connectivity index is 1.91. The quantitative estimate of drug-likeness (QED) is 0.728. The summed E-state index contributed by atoms with van der Waals surface area (Å²) < 4.78 is 0. The van der Waals surface area contributed by atoms with Gasteiger partial charge in [0.15, 0.2) is 0 Å². The number of thioether (sulfide) groups is 1. The van der Waals surface area contributed by atoms with E-state index in [1.165, 1.54) is 0 Å². The first-order chi connectivity index (χ1) is 12.1. The minimum absolute atomic E-state index is 0.0876. The Labute approximate surface area is 155 Å². The summed E-state index contributed by atoms with van der Waals surface area (Å²) in [6, 6.07) is 7.79. The Kier molecular flexibility index (Phi) is 7.78. The molecule has 0 aromatic heterocycles. The largest absolute Gasteiger partial charge is 0.342 e. The van der Waals surface area contributed by atoms with Gasteiger partial charge in [0, 0.05) is 49.7 Å². The maximum absolute atomic E-state index is 12.7. The first kappa shape index (κ1) is 19.8. The van der Waals surface area contributed by atoms with Crippen LogP contribution in [-0.4, -0.2) is 78.6 Å². The monoisotopic (exact) mass is 363 g/mol. The zero-order valence-corrected chi connectivity index (χ0v) is 16.3. The predicted molar refractivity (Wildman–Crippen MR) is 103 cm³/mol. The molecule has 0 N–H and O–H groups in total. The molecule has 1 aliphatic heterocycles. The van der Waals surface area contributed by atoms with Crippen LogP contribution in [0.4, 0.5) is 0 Å². The molecule has 25 heavy (non-hydrogen) atoms. The van der Waals surface area contributed by atoms with Crippen molar-refractivity contribution in [3.05, 3.63) is 29.8 Å². The van der Waals surface area contributed by atoms with Crippen LogP contribution < -0.4 is 0 Å². The lowest BCUT2D eigenvalue weighted by atomic mass is 10.2. The van der Waals surface area contributed by atoms with Gasteiger partial charge in [0.25, 0.3) is 5.91 Å². The number of carbonyl (C=O) groups is 2. The van der Waals surface area contributed by atoms with Crippen molar-refractivity contribution in [2.75, 3.05) is 52.1 Å². The third kappa shape index (κ3) is 5.47. The number of carbonyl (C=O) groups excluding carboxylic acids is 2. The molecule has 2 amide bonds. The van der Waals surface area contributed by atoms with E-state index in [2.05, 4.69) is 4.90 Å². The Morgan fingerprint density at radius 3 is 2.32 bits per heavy atom. The van der Waals surface area contributed by atoms with Gasteiger partial charge in [0.1, 0.15) is 0 Å². The van der Waals surface area contributed by atoms with E-state index in [9.17, 15) is 9.59 Å². The third-order valence-electron chi connectivity index (χ3n) is 4.69. The van der Waals surface area contributed by atoms with E-state index in [1.54, 1.807) is 11.8 Å². The van der Waals surface area contributed by atoms with Crippen LogP contribution in [0.1, 0.15) is 30.6 Å². The smallest absolute Gasteiger partial charge is 0.253 e. The van der Waals surface area contributed by atoms with Gasteiger partial charge in [-0.1, -0.05) is 0 Å². The molecule has 1 aromatic rings. The molecule has 0 saturated carbocycles. The van der Waals surface area contributed by atoms with Gasteiger partial charge in [-0.05, 0) is 50.8 Å². The Bertz CT molecular complexity index is 573. The van der Waals surface area contributed by atoms with E-state index < -0.39 is 0 Å². The van der Waals surface area contributed by atoms with Crippen LogP contribution in [-0.2, 0) is 4.79 Å². The van der Waals surface area contributed by atoms with Crippen molar-refractivity contribution in [3.8, 4) is 0 Å². The topological polar surface area (TPSA) is 43.9 Å². The molecule has 1 heterocycles. The van der Waals surface area contributed by atoms with Gasteiger partial charge in [0.2, 0.25) is 5.91 Å². The molecule has 0 atom stereocenters. The van der Waals surface area contributed by atoms with Crippen molar-refractivity contribution in [3.63, 3.8) is 0 Å². The first-order valence-electron chi connectivity index (χ1n) is 9.02. The summed E-state index contributed by atoms with van der Waals surface area (Å²) in [5, 5.41) is 0. The summed E-state index contributed by atoms with van der Waals surface area (Å²) in [6.07, 6.45) is 2.93. The van der Waals surface area contributed by atoms with Gasteiger partial charge >= 0.3 is 0 Å². The van der Waals surface area contributed by atoms with Crippen molar-refractivity contribution in [2.45, 2.75) is 25.2 Å². The first-order valence-corrected chi connectivity index (χ1v) is 10.2. The second kappa shape index (κ2) is 9.82. The summed E-state index contributed by atoms with van der Waals surface area (Å²) in [5.41, 5.74) is 0.741. The molecule has 0 spiro atoms. The van der Waals surface area contributed by atoms with E-state index in [0.717, 1.165) is 49.6 Å². The van der Waals surface area contributed by atoms with Crippen LogP contribution >= 0.6 is 11.8 Å². The second-order valence-electron chi connectivity index (χ2n) is 6.22. The summed E-state index contributed by atoms with van der Waals surface area (Å²) in [5.74, 6) is 0.266. The van der Waals surface area contributed by atoms with Crippen molar-refractivity contribution in [1.29, 1.82) is 0 Å². The highest BCUT2D eigenvalue weighted by Crippen LogP contribution is 2.16. The fourth-order valence-electron chi connectivity index (χ4n) is 3.12. The van der Waals surface area contributed by atoms with Crippen LogP contribution in [0.2, 0.25) is 0 Å². The maximum atomic E-state index is 12.7. The standard InChI is InChI=1S/C19H29N3O2S/c1-4-21(5-2)18(23)15-20-11-6-12-22(14-13-20)19(24)16-7-9-17(25-3)10-8-16/h7-10H,4-6,11-15H2,1-3H3. The molecular formula is C19H29N3O2S. The predicted octanol–water partition coefficient (Wildman–Crippen LogP) is 2.42. The van der Waals surface area contributed by atoms with E-state index >= 15 is 0 Å². The molecular weight excluding hydrogens is 334 g/mol. The number of amides is 2. The van der Waals surface area contributed by atoms with Gasteiger partial charge in [-0.2, -0.15) is 0 Å². The Morgan fingerprint density at radius 1 is 1.04 bits per heavy atom. The fraction of sp³-hybridized carbons (Fsp3) is 0.579. The highest BCUT2D eigenvalue weighted by molar-refractivity contribution is 7.98. The van der Waals surface area contributed by atoms with Crippen molar-refractivity contribution in [2.24, 2.45) is 0 Å². The minimum atomic E-state index is 0.0876. The van der Waals surface area contributed by atoms with Crippen LogP contribution in [0, 0.1) is 0 Å². The zero-order valence-electron chi connectivity index (χ0n) is 15.5. The average molecular weight is 364 g/mol. The molecule has 0 radical (unpaired) electrons. The molecule has 1 aliphatic rings. The number of likely N-dealkylation sites (N-methyl/N-ethyl adjacent to an activating group) is 1. The van der Waals surface area contributed by atoms with Crippen LogP contribution in [0.5, 0.6) is 0 Å². The lowest BCUT2D eigenvalue weighted by Gasteiger charge is -2.25. The Morgan fingerprint density at radius 2 is 1.72 bits per heavy atom. The number of hydrogen-bond donors (Lipinski definition) is 0. The average Bonchev–Trinajstić information content (AvgIpc) is 2.88. The van der Waals surface area contributed by atoms with Gasteiger partial charge in [-0.25, -0.2) is 0 Å². The van der Waals surface area contributed by atoms with Crippen molar-refractivity contribution >= 4 is 23.6 Å². The van der Waals surface area contributed by atoms with E-state index in [-0.39, 0.29) is 11.8 Å². The lowest BCUT2D eigenvalue weighted by Crippen LogP contribution is -2.42. The summed E-state index contributed by atoms with van der Waals surface area (Å²) >= 11 is 1.67. The van der Waals surface area contributed by atoms with Crippen molar-refractivity contribution < 1.29 is 9.59 Å². The lowest BCUT2D eigenvalue weighted by molar-refractivity contribution is -0.132. The summed E-state index contributed by atoms with van der Waals surface area (Å²) in [6.45, 7) is 9.00. The molecule has 138 valence electrons. The number of hydrogen-bond acceptors (Lipinski definition) is 4. The molecule has 0 aliphatic carbocycles. The van der Waals surface area contributed by atoms with Gasteiger partial charge in [-0.3, -0.25) is 14.5 Å². The van der Waals surface area contributed by atoms with Gasteiger partial charge in [0.05, 0.1) is 6.54 Å². The maximum Gasteiger partial charge on any atom is 0.253 e. The van der Waals surface area contributed by atoms with E-state index in [1.807, 2.05) is 54.2 Å². The molecule has 1 fully saturated rings. The summed E-state index contributed by atoms with van der Waals surface area (Å²) in [7, 11) is 0. The second-order valence-corrected chi connectivity index (χ2v) is 7.10. The van der Waals surface area contributed by atoms with E-state index in [4.69, 9.17) is 0 Å². The van der Waals surface area contributed by atoms with Crippen LogP contribution in [0.25, 0.3) is 0 Å². The normalized spacial score (nSPS) is 15.7. The number of nitrogens with zero attached hydrogens (tertiary/aromatic N) is 3. The molecule has 0 unspecified atom stereocenters. The fourth-order valence-corrected chi connectivity index (χ4v) is 3.52. The molecule has 1 saturated heterocycles. The zero-order chi connectivity index (χ0) is 18.2. The molecule has 2 rings (SSSR count). The molecule has 6 heteroatoms. The molecule has 1 aromatic carbocycles. The number of rotatable bonds is 6. The highest BCUT2D eigenvalue weighted by Gasteiger charge is 2.22. The SMILES string of the molecule is CCN(CC)C(=O)CN1CCCN(C(=O)c2ccc(SC)cc2)CC1. The minimum Gasteiger partial charge on any atom is -0.342 e.